The summed E-state index contributed by atoms with van der Waals surface area (Å²) >= 11 is 0. The van der Waals surface area contributed by atoms with Crippen LogP contribution in [0.2, 0.25) is 0 Å². The van der Waals surface area contributed by atoms with Crippen molar-refractivity contribution in [1.29, 1.82) is 5.26 Å². The number of halogens is 4. The molecule has 17 heavy (non-hydrogen) atoms. The van der Waals surface area contributed by atoms with E-state index in [0.717, 1.165) is 0 Å². The lowest BCUT2D eigenvalue weighted by atomic mass is 10.1. The minimum Gasteiger partial charge on any atom is -0.396 e. The first kappa shape index (κ1) is 13.1. The van der Waals surface area contributed by atoms with E-state index in [1.165, 1.54) is 18.2 Å². The predicted octanol–water partition coefficient (Wildman–Crippen LogP) is 2.45. The fourth-order valence-electron chi connectivity index (χ4n) is 1.11. The summed E-state index contributed by atoms with van der Waals surface area (Å²) in [5.41, 5.74) is 5.57. The SMILES string of the molecule is N#Cc1cccc(NCC(F)(F)C(F)F)c1N. The highest BCUT2D eigenvalue weighted by Gasteiger charge is 2.40. The minimum atomic E-state index is -4.14. The van der Waals surface area contributed by atoms with Crippen molar-refractivity contribution >= 4 is 11.4 Å². The zero-order chi connectivity index (χ0) is 13.1. The molecule has 3 N–H and O–H groups in total. The highest BCUT2D eigenvalue weighted by molar-refractivity contribution is 5.72. The lowest BCUT2D eigenvalue weighted by Gasteiger charge is -2.17. The Kier molecular flexibility index (Phi) is 3.78. The third-order valence-corrected chi connectivity index (χ3v) is 2.06. The molecule has 0 radical (unpaired) electrons. The maximum Gasteiger partial charge on any atom is 0.324 e. The number of rotatable bonds is 4. The molecular formula is C10H9F4N3. The fourth-order valence-corrected chi connectivity index (χ4v) is 1.11. The largest absolute Gasteiger partial charge is 0.396 e. The molecule has 0 atom stereocenters. The number of para-hydroxylation sites is 1. The van der Waals surface area contributed by atoms with Gasteiger partial charge < -0.3 is 11.1 Å². The van der Waals surface area contributed by atoms with Gasteiger partial charge in [-0.25, -0.2) is 8.78 Å². The average molecular weight is 247 g/mol. The summed E-state index contributed by atoms with van der Waals surface area (Å²) in [7, 11) is 0. The second-order valence-electron chi connectivity index (χ2n) is 3.29. The summed E-state index contributed by atoms with van der Waals surface area (Å²) < 4.78 is 49.0. The van der Waals surface area contributed by atoms with Crippen molar-refractivity contribution in [1.82, 2.24) is 0 Å². The number of nitrogens with two attached hydrogens (primary N) is 1. The van der Waals surface area contributed by atoms with Gasteiger partial charge in [-0.15, -0.1) is 0 Å². The highest BCUT2D eigenvalue weighted by Crippen LogP contribution is 2.26. The summed E-state index contributed by atoms with van der Waals surface area (Å²) in [6.45, 7) is -1.25. The van der Waals surface area contributed by atoms with E-state index in [2.05, 4.69) is 5.32 Å². The zero-order valence-electron chi connectivity index (χ0n) is 8.55. The Morgan fingerprint density at radius 2 is 2.06 bits per heavy atom. The number of hydrogen-bond acceptors (Lipinski definition) is 3. The molecule has 0 amide bonds. The molecule has 7 heteroatoms. The third kappa shape index (κ3) is 3.00. The van der Waals surface area contributed by atoms with E-state index in [-0.39, 0.29) is 16.9 Å². The molecule has 1 aromatic carbocycles. The Morgan fingerprint density at radius 1 is 1.41 bits per heavy atom. The molecule has 1 rings (SSSR count). The van der Waals surface area contributed by atoms with Crippen LogP contribution in [-0.4, -0.2) is 18.9 Å². The van der Waals surface area contributed by atoms with Crippen LogP contribution >= 0.6 is 0 Å². The molecule has 0 aliphatic rings. The van der Waals surface area contributed by atoms with E-state index in [1.54, 1.807) is 6.07 Å². The number of benzene rings is 1. The van der Waals surface area contributed by atoms with E-state index in [0.29, 0.717) is 0 Å². The van der Waals surface area contributed by atoms with E-state index < -0.39 is 18.9 Å². The molecular weight excluding hydrogens is 238 g/mol. The monoisotopic (exact) mass is 247 g/mol. The fraction of sp³-hybridized carbons (Fsp3) is 0.300. The number of hydrogen-bond donors (Lipinski definition) is 2. The molecule has 0 aliphatic heterocycles. The highest BCUT2D eigenvalue weighted by atomic mass is 19.3. The van der Waals surface area contributed by atoms with Gasteiger partial charge in [0.25, 0.3) is 0 Å². The maximum atomic E-state index is 12.6. The van der Waals surface area contributed by atoms with Crippen LogP contribution in [0.4, 0.5) is 28.9 Å². The van der Waals surface area contributed by atoms with E-state index in [1.807, 2.05) is 0 Å². The van der Waals surface area contributed by atoms with Crippen molar-refractivity contribution < 1.29 is 17.6 Å². The molecule has 0 saturated carbocycles. The first-order valence-corrected chi connectivity index (χ1v) is 4.57. The van der Waals surface area contributed by atoms with Crippen molar-refractivity contribution in [3.8, 4) is 6.07 Å². The van der Waals surface area contributed by atoms with Gasteiger partial charge in [0, 0.05) is 0 Å². The normalized spacial score (nSPS) is 11.3. The lowest BCUT2D eigenvalue weighted by molar-refractivity contribution is -0.117. The van der Waals surface area contributed by atoms with Gasteiger partial charge in [0.05, 0.1) is 23.5 Å². The molecule has 0 bridgehead atoms. The second kappa shape index (κ2) is 4.91. The van der Waals surface area contributed by atoms with E-state index >= 15 is 0 Å². The summed E-state index contributed by atoms with van der Waals surface area (Å²) in [5.74, 6) is -4.14. The lowest BCUT2D eigenvalue weighted by Crippen LogP contribution is -2.35. The molecule has 0 spiro atoms. The molecule has 92 valence electrons. The molecule has 3 nitrogen and oxygen atoms in total. The minimum absolute atomic E-state index is 0.0318. The average Bonchev–Trinajstić information content (AvgIpc) is 2.27. The topological polar surface area (TPSA) is 61.8 Å². The summed E-state index contributed by atoms with van der Waals surface area (Å²) in [4.78, 5) is 0. The van der Waals surface area contributed by atoms with Crippen LogP contribution in [-0.2, 0) is 0 Å². The maximum absolute atomic E-state index is 12.6. The van der Waals surface area contributed by atoms with Gasteiger partial charge in [-0.2, -0.15) is 14.0 Å². The van der Waals surface area contributed by atoms with Crippen molar-refractivity contribution in [2.45, 2.75) is 12.3 Å². The molecule has 1 aromatic rings. The molecule has 0 fully saturated rings. The number of nitrogen functional groups attached to an aromatic ring is 1. The van der Waals surface area contributed by atoms with Crippen molar-refractivity contribution in [2.75, 3.05) is 17.6 Å². The predicted molar refractivity (Wildman–Crippen MR) is 55.0 cm³/mol. The van der Waals surface area contributed by atoms with Crippen LogP contribution in [0.15, 0.2) is 18.2 Å². The summed E-state index contributed by atoms with van der Waals surface area (Å²) in [6.07, 6.45) is -3.75. The van der Waals surface area contributed by atoms with Crippen LogP contribution in [0, 0.1) is 11.3 Å². The Balaban J connectivity index is 2.81. The number of nitrogens with one attached hydrogen (secondary N) is 1. The second-order valence-corrected chi connectivity index (χ2v) is 3.29. The number of alkyl halides is 4. The Bertz CT molecular complexity index is 440. The Hall–Kier alpha value is -1.97. The van der Waals surface area contributed by atoms with Crippen LogP contribution in [0.5, 0.6) is 0 Å². The summed E-state index contributed by atoms with van der Waals surface area (Å²) in [5, 5.41) is 10.7. The van der Waals surface area contributed by atoms with Crippen LogP contribution < -0.4 is 11.1 Å². The van der Waals surface area contributed by atoms with Crippen molar-refractivity contribution in [3.63, 3.8) is 0 Å². The van der Waals surface area contributed by atoms with Gasteiger partial charge in [-0.3, -0.25) is 0 Å². The number of nitrogens with zero attached hydrogens (tertiary/aromatic N) is 1. The van der Waals surface area contributed by atoms with Crippen LogP contribution in [0.1, 0.15) is 5.56 Å². The first-order chi connectivity index (χ1) is 7.88. The molecule has 0 unspecified atom stereocenters. The smallest absolute Gasteiger partial charge is 0.324 e. The van der Waals surface area contributed by atoms with E-state index in [4.69, 9.17) is 11.0 Å². The van der Waals surface area contributed by atoms with E-state index in [9.17, 15) is 17.6 Å². The standard InChI is InChI=1S/C10H9F4N3/c11-9(12)10(13,14)5-17-7-3-1-2-6(4-15)8(7)16/h1-3,9,17H,5,16H2. The zero-order valence-corrected chi connectivity index (χ0v) is 8.55. The molecule has 0 saturated heterocycles. The Morgan fingerprint density at radius 3 is 2.59 bits per heavy atom. The van der Waals surface area contributed by atoms with Gasteiger partial charge in [0.15, 0.2) is 0 Å². The van der Waals surface area contributed by atoms with Gasteiger partial charge >= 0.3 is 12.3 Å². The third-order valence-electron chi connectivity index (χ3n) is 2.06. The van der Waals surface area contributed by atoms with Gasteiger partial charge in [0.2, 0.25) is 0 Å². The quantitative estimate of drug-likeness (QED) is 0.634. The van der Waals surface area contributed by atoms with Gasteiger partial charge in [-0.05, 0) is 12.1 Å². The van der Waals surface area contributed by atoms with Crippen molar-refractivity contribution in [2.24, 2.45) is 0 Å². The number of nitriles is 1. The molecule has 0 heterocycles. The molecule has 0 aliphatic carbocycles. The molecule has 0 aromatic heterocycles. The Labute approximate surface area is 94.8 Å². The van der Waals surface area contributed by atoms with Crippen LogP contribution in [0.25, 0.3) is 0 Å². The summed E-state index contributed by atoms with van der Waals surface area (Å²) in [6, 6.07) is 5.90. The first-order valence-electron chi connectivity index (χ1n) is 4.57. The number of anilines is 2. The van der Waals surface area contributed by atoms with Gasteiger partial charge in [0.1, 0.15) is 6.07 Å². The van der Waals surface area contributed by atoms with Gasteiger partial charge in [-0.1, -0.05) is 6.07 Å². The van der Waals surface area contributed by atoms with Crippen LogP contribution in [0.3, 0.4) is 0 Å². The van der Waals surface area contributed by atoms with Crippen molar-refractivity contribution in [3.05, 3.63) is 23.8 Å².